The van der Waals surface area contributed by atoms with E-state index in [4.69, 9.17) is 0 Å². The molecule has 1 aromatic carbocycles. The van der Waals surface area contributed by atoms with Crippen LogP contribution in [0.3, 0.4) is 0 Å². The van der Waals surface area contributed by atoms with Gasteiger partial charge >= 0.3 is 0 Å². The van der Waals surface area contributed by atoms with E-state index in [9.17, 15) is 9.18 Å². The summed E-state index contributed by atoms with van der Waals surface area (Å²) in [5.74, 6) is 2.41. The summed E-state index contributed by atoms with van der Waals surface area (Å²) in [5, 5.41) is 3.27. The van der Waals surface area contributed by atoms with Gasteiger partial charge in [-0.2, -0.15) is 0 Å². The van der Waals surface area contributed by atoms with Crippen LogP contribution in [0.2, 0.25) is 0 Å². The van der Waals surface area contributed by atoms with Gasteiger partial charge in [0.1, 0.15) is 5.82 Å². The predicted octanol–water partition coefficient (Wildman–Crippen LogP) is 2.89. The number of fused-ring (bicyclic) bond motifs is 2. The molecule has 1 heterocycles. The summed E-state index contributed by atoms with van der Waals surface area (Å²) >= 11 is 0. The molecule has 2 saturated carbocycles. The summed E-state index contributed by atoms with van der Waals surface area (Å²) < 4.78 is 13.1. The Balaban J connectivity index is 1.21. The number of nitrogens with one attached hydrogen (secondary N) is 1. The van der Waals surface area contributed by atoms with Crippen LogP contribution in [0.1, 0.15) is 32.6 Å². The second-order valence-electron chi connectivity index (χ2n) is 8.43. The molecule has 4 atom stereocenters. The lowest BCUT2D eigenvalue weighted by molar-refractivity contribution is -0.123. The lowest BCUT2D eigenvalue weighted by atomic mass is 9.84. The minimum atomic E-state index is -0.200. The molecule has 1 aromatic rings. The van der Waals surface area contributed by atoms with Crippen LogP contribution in [-0.2, 0) is 4.79 Å². The number of carbonyl (C=O) groups is 1. The Labute approximate surface area is 155 Å². The van der Waals surface area contributed by atoms with Gasteiger partial charge in [0.2, 0.25) is 5.91 Å². The first kappa shape index (κ1) is 17.8. The van der Waals surface area contributed by atoms with Gasteiger partial charge in [-0.3, -0.25) is 9.69 Å². The highest BCUT2D eigenvalue weighted by molar-refractivity contribution is 5.78. The van der Waals surface area contributed by atoms with Crippen molar-refractivity contribution in [3.63, 3.8) is 0 Å². The number of rotatable bonds is 5. The zero-order chi connectivity index (χ0) is 18.1. The normalized spacial score (nSPS) is 29.8. The van der Waals surface area contributed by atoms with E-state index >= 15 is 0 Å². The Hall–Kier alpha value is -1.62. The number of benzene rings is 1. The Bertz CT molecular complexity index is 627. The van der Waals surface area contributed by atoms with Gasteiger partial charge in [-0.25, -0.2) is 4.39 Å². The highest BCUT2D eigenvalue weighted by Crippen LogP contribution is 2.49. The SMILES string of the molecule is CC(NC(=O)CN1CCN(c2ccc(F)cc2)CC1)C1CC2CCC1C2. The average Bonchev–Trinajstić information content (AvgIpc) is 3.26. The molecule has 4 nitrogen and oxygen atoms in total. The lowest BCUT2D eigenvalue weighted by Crippen LogP contribution is -2.51. The van der Waals surface area contributed by atoms with Gasteiger partial charge in [0, 0.05) is 37.9 Å². The number of carbonyl (C=O) groups excluding carboxylic acids is 1. The van der Waals surface area contributed by atoms with Crippen molar-refractivity contribution >= 4 is 11.6 Å². The second kappa shape index (κ2) is 7.55. The summed E-state index contributed by atoms with van der Waals surface area (Å²) in [5.41, 5.74) is 1.06. The van der Waals surface area contributed by atoms with Gasteiger partial charge in [0.25, 0.3) is 0 Å². The van der Waals surface area contributed by atoms with Gasteiger partial charge < -0.3 is 10.2 Å². The molecule has 3 fully saturated rings. The first-order valence-corrected chi connectivity index (χ1v) is 10.1. The third-order valence-corrected chi connectivity index (χ3v) is 6.75. The van der Waals surface area contributed by atoms with Gasteiger partial charge in [0.15, 0.2) is 0 Å². The molecule has 3 aliphatic rings. The van der Waals surface area contributed by atoms with E-state index in [0.717, 1.165) is 43.7 Å². The monoisotopic (exact) mass is 359 g/mol. The van der Waals surface area contributed by atoms with Crippen molar-refractivity contribution in [2.75, 3.05) is 37.6 Å². The third kappa shape index (κ3) is 3.88. The molecule has 0 aromatic heterocycles. The quantitative estimate of drug-likeness (QED) is 0.878. The smallest absolute Gasteiger partial charge is 0.234 e. The van der Waals surface area contributed by atoms with E-state index in [0.29, 0.717) is 18.5 Å². The first-order chi connectivity index (χ1) is 12.6. The molecule has 1 amide bonds. The number of halogens is 1. The zero-order valence-corrected chi connectivity index (χ0v) is 15.7. The first-order valence-electron chi connectivity index (χ1n) is 10.1. The van der Waals surface area contributed by atoms with Crippen LogP contribution < -0.4 is 10.2 Å². The van der Waals surface area contributed by atoms with Crippen molar-refractivity contribution in [2.24, 2.45) is 17.8 Å². The Morgan fingerprint density at radius 2 is 1.88 bits per heavy atom. The Kier molecular flexibility index (Phi) is 5.16. The summed E-state index contributed by atoms with van der Waals surface area (Å²) in [6.45, 7) is 6.17. The zero-order valence-electron chi connectivity index (χ0n) is 15.7. The molecule has 142 valence electrons. The molecular formula is C21H30FN3O. The fourth-order valence-corrected chi connectivity index (χ4v) is 5.33. The Morgan fingerprint density at radius 3 is 2.50 bits per heavy atom. The number of hydrogen-bond acceptors (Lipinski definition) is 3. The molecule has 1 saturated heterocycles. The summed E-state index contributed by atoms with van der Waals surface area (Å²) in [6.07, 6.45) is 5.46. The molecule has 5 heteroatoms. The molecule has 2 bridgehead atoms. The Morgan fingerprint density at radius 1 is 1.15 bits per heavy atom. The van der Waals surface area contributed by atoms with Crippen molar-refractivity contribution < 1.29 is 9.18 Å². The van der Waals surface area contributed by atoms with Crippen LogP contribution in [0.4, 0.5) is 10.1 Å². The highest BCUT2D eigenvalue weighted by Gasteiger charge is 2.42. The van der Waals surface area contributed by atoms with Crippen molar-refractivity contribution in [3.8, 4) is 0 Å². The molecule has 0 radical (unpaired) electrons. The number of anilines is 1. The summed E-state index contributed by atoms with van der Waals surface area (Å²) in [7, 11) is 0. The largest absolute Gasteiger partial charge is 0.369 e. The van der Waals surface area contributed by atoms with Gasteiger partial charge in [-0.1, -0.05) is 6.42 Å². The van der Waals surface area contributed by atoms with E-state index in [1.54, 1.807) is 0 Å². The molecular weight excluding hydrogens is 329 g/mol. The fourth-order valence-electron chi connectivity index (χ4n) is 5.33. The number of amides is 1. The number of nitrogens with zero attached hydrogens (tertiary/aromatic N) is 2. The van der Waals surface area contributed by atoms with Crippen molar-refractivity contribution in [1.82, 2.24) is 10.2 Å². The fraction of sp³-hybridized carbons (Fsp3) is 0.667. The highest BCUT2D eigenvalue weighted by atomic mass is 19.1. The molecule has 1 aliphatic heterocycles. The van der Waals surface area contributed by atoms with Crippen molar-refractivity contribution in [1.29, 1.82) is 0 Å². The van der Waals surface area contributed by atoms with Crippen LogP contribution in [0, 0.1) is 23.6 Å². The molecule has 26 heavy (non-hydrogen) atoms. The number of piperazine rings is 1. The van der Waals surface area contributed by atoms with Gasteiger partial charge in [-0.15, -0.1) is 0 Å². The van der Waals surface area contributed by atoms with Crippen LogP contribution in [0.25, 0.3) is 0 Å². The van der Waals surface area contributed by atoms with Crippen LogP contribution in [-0.4, -0.2) is 49.6 Å². The maximum Gasteiger partial charge on any atom is 0.234 e. The van der Waals surface area contributed by atoms with E-state index in [1.165, 1.54) is 37.8 Å². The molecule has 4 rings (SSSR count). The van der Waals surface area contributed by atoms with Crippen LogP contribution in [0.5, 0.6) is 0 Å². The minimum Gasteiger partial charge on any atom is -0.369 e. The molecule has 0 spiro atoms. The second-order valence-corrected chi connectivity index (χ2v) is 8.43. The molecule has 4 unspecified atom stereocenters. The lowest BCUT2D eigenvalue weighted by Gasteiger charge is -2.36. The van der Waals surface area contributed by atoms with Gasteiger partial charge in [0.05, 0.1) is 6.54 Å². The topological polar surface area (TPSA) is 35.6 Å². The van der Waals surface area contributed by atoms with Crippen LogP contribution in [0.15, 0.2) is 24.3 Å². The van der Waals surface area contributed by atoms with Gasteiger partial charge in [-0.05, 0) is 68.2 Å². The van der Waals surface area contributed by atoms with E-state index < -0.39 is 0 Å². The van der Waals surface area contributed by atoms with Crippen molar-refractivity contribution in [2.45, 2.75) is 38.6 Å². The predicted molar refractivity (Wildman–Crippen MR) is 102 cm³/mol. The molecule has 2 aliphatic carbocycles. The minimum absolute atomic E-state index is 0.163. The van der Waals surface area contributed by atoms with E-state index in [1.807, 2.05) is 12.1 Å². The maximum atomic E-state index is 13.1. The van der Waals surface area contributed by atoms with Crippen LogP contribution >= 0.6 is 0 Å². The third-order valence-electron chi connectivity index (χ3n) is 6.75. The van der Waals surface area contributed by atoms with E-state index in [2.05, 4.69) is 22.0 Å². The summed E-state index contributed by atoms with van der Waals surface area (Å²) in [6, 6.07) is 6.97. The standard InChI is InChI=1S/C21H30FN3O/c1-15(20-13-16-2-3-17(20)12-16)23-21(26)14-24-8-10-25(11-9-24)19-6-4-18(22)5-7-19/h4-7,15-17,20H,2-3,8-14H2,1H3,(H,23,26). The van der Waals surface area contributed by atoms with E-state index in [-0.39, 0.29) is 11.7 Å². The average molecular weight is 359 g/mol. The maximum absolute atomic E-state index is 13.1. The summed E-state index contributed by atoms with van der Waals surface area (Å²) in [4.78, 5) is 16.9. The number of hydrogen-bond donors (Lipinski definition) is 1. The molecule has 1 N–H and O–H groups in total. The van der Waals surface area contributed by atoms with Crippen molar-refractivity contribution in [3.05, 3.63) is 30.1 Å².